The molecule has 2 aliphatic carbocycles. The number of para-hydroxylation sites is 1. The SMILES string of the molecule is CC1(C)[C@]2(/C=N/Nc3ccccc3)N=N[C@@]1(c1ccccc1)[C@H]1CCC[C@H]12. The number of fused-ring (bicyclic) bond motifs is 5. The van der Waals surface area contributed by atoms with Crippen LogP contribution in [0.1, 0.15) is 38.7 Å². The Bertz CT molecular complexity index is 889. The van der Waals surface area contributed by atoms with Crippen LogP contribution in [-0.4, -0.2) is 11.8 Å². The maximum absolute atomic E-state index is 5.00. The summed E-state index contributed by atoms with van der Waals surface area (Å²) in [4.78, 5) is 0. The molecule has 2 fully saturated rings. The quantitative estimate of drug-likeness (QED) is 0.558. The zero-order chi connectivity index (χ0) is 18.5. The highest BCUT2D eigenvalue weighted by Crippen LogP contribution is 2.73. The first-order chi connectivity index (χ1) is 13.1. The number of hydrogen-bond donors (Lipinski definition) is 1. The lowest BCUT2D eigenvalue weighted by molar-refractivity contribution is 0.171. The van der Waals surface area contributed by atoms with E-state index in [2.05, 4.69) is 60.9 Å². The van der Waals surface area contributed by atoms with Crippen molar-refractivity contribution in [3.8, 4) is 0 Å². The van der Waals surface area contributed by atoms with E-state index in [0.717, 1.165) is 5.69 Å². The van der Waals surface area contributed by atoms with Gasteiger partial charge in [-0.1, -0.05) is 68.8 Å². The van der Waals surface area contributed by atoms with Crippen molar-refractivity contribution >= 4 is 11.9 Å². The van der Waals surface area contributed by atoms with Crippen LogP contribution < -0.4 is 5.43 Å². The summed E-state index contributed by atoms with van der Waals surface area (Å²) in [6, 6.07) is 20.9. The van der Waals surface area contributed by atoms with Crippen LogP contribution in [0, 0.1) is 17.3 Å². The molecule has 1 heterocycles. The topological polar surface area (TPSA) is 49.1 Å². The first-order valence-corrected chi connectivity index (χ1v) is 9.97. The van der Waals surface area contributed by atoms with Crippen LogP contribution in [0.25, 0.3) is 0 Å². The average Bonchev–Trinajstić information content (AvgIpc) is 3.31. The van der Waals surface area contributed by atoms with Crippen LogP contribution in [0.4, 0.5) is 5.69 Å². The van der Waals surface area contributed by atoms with Gasteiger partial charge in [0.2, 0.25) is 0 Å². The molecular weight excluding hydrogens is 332 g/mol. The van der Waals surface area contributed by atoms with E-state index in [1.165, 1.54) is 24.8 Å². The van der Waals surface area contributed by atoms with Gasteiger partial charge in [0.25, 0.3) is 0 Å². The Balaban J connectivity index is 1.57. The number of anilines is 1. The summed E-state index contributed by atoms with van der Waals surface area (Å²) in [5.74, 6) is 1.04. The lowest BCUT2D eigenvalue weighted by Gasteiger charge is -2.40. The predicted octanol–water partition coefficient (Wildman–Crippen LogP) is 5.64. The number of hydrazone groups is 1. The van der Waals surface area contributed by atoms with Crippen molar-refractivity contribution in [1.29, 1.82) is 0 Å². The van der Waals surface area contributed by atoms with Crippen LogP contribution in [0.2, 0.25) is 0 Å². The van der Waals surface area contributed by atoms with E-state index in [9.17, 15) is 0 Å². The average molecular weight is 358 g/mol. The molecule has 138 valence electrons. The zero-order valence-corrected chi connectivity index (χ0v) is 16.0. The predicted molar refractivity (Wildman–Crippen MR) is 109 cm³/mol. The fraction of sp³-hybridized carbons (Fsp3) is 0.435. The second kappa shape index (κ2) is 5.75. The van der Waals surface area contributed by atoms with Gasteiger partial charge in [0, 0.05) is 5.41 Å². The number of nitrogens with zero attached hydrogens (tertiary/aromatic N) is 3. The minimum atomic E-state index is -0.341. The molecule has 3 aliphatic rings. The second-order valence-corrected chi connectivity index (χ2v) is 8.66. The van der Waals surface area contributed by atoms with Gasteiger partial charge >= 0.3 is 0 Å². The summed E-state index contributed by atoms with van der Waals surface area (Å²) in [7, 11) is 0. The van der Waals surface area contributed by atoms with E-state index in [1.54, 1.807) is 0 Å². The van der Waals surface area contributed by atoms with Gasteiger partial charge < -0.3 is 0 Å². The van der Waals surface area contributed by atoms with Gasteiger partial charge in [0.05, 0.1) is 11.9 Å². The van der Waals surface area contributed by atoms with Crippen molar-refractivity contribution < 1.29 is 0 Å². The third kappa shape index (κ3) is 2.01. The summed E-state index contributed by atoms with van der Waals surface area (Å²) in [5.41, 5.74) is 4.79. The van der Waals surface area contributed by atoms with Gasteiger partial charge in [0.15, 0.2) is 0 Å². The van der Waals surface area contributed by atoms with Crippen molar-refractivity contribution in [2.45, 2.75) is 44.2 Å². The number of benzene rings is 2. The van der Waals surface area contributed by atoms with Crippen LogP contribution >= 0.6 is 0 Å². The fourth-order valence-corrected chi connectivity index (χ4v) is 6.10. The molecule has 4 nitrogen and oxygen atoms in total. The number of rotatable bonds is 4. The van der Waals surface area contributed by atoms with Gasteiger partial charge in [-0.2, -0.15) is 15.3 Å². The largest absolute Gasteiger partial charge is 0.279 e. The Hall–Kier alpha value is -2.49. The number of nitrogens with one attached hydrogen (secondary N) is 1. The third-order valence-corrected chi connectivity index (χ3v) is 7.39. The number of azo groups is 1. The van der Waals surface area contributed by atoms with Crippen molar-refractivity contribution in [2.75, 3.05) is 5.43 Å². The van der Waals surface area contributed by atoms with Crippen LogP contribution in [0.15, 0.2) is 76.0 Å². The molecule has 0 saturated heterocycles. The summed E-state index contributed by atoms with van der Waals surface area (Å²) >= 11 is 0. The van der Waals surface area contributed by atoms with Gasteiger partial charge in [-0.05, 0) is 42.4 Å². The Labute approximate surface area is 160 Å². The van der Waals surface area contributed by atoms with Crippen LogP contribution in [-0.2, 0) is 5.54 Å². The highest BCUT2D eigenvalue weighted by atomic mass is 15.3. The Kier molecular flexibility index (Phi) is 3.55. The molecule has 0 spiro atoms. The molecule has 2 bridgehead atoms. The molecule has 0 aromatic heterocycles. The standard InChI is InChI=1S/C23H26N4/c1-21(2)22(16-24-25-18-12-7-4-8-13-18)19-14-9-15-20(19)23(21,27-26-22)17-10-5-3-6-11-17/h3-8,10-13,16,19-20,25H,9,14-15H2,1-2H3/b24-16+/t19-,20+,22-,23+/m1/s1. The molecule has 2 aromatic rings. The summed E-state index contributed by atoms with van der Waals surface area (Å²) < 4.78 is 0. The number of hydrogen-bond acceptors (Lipinski definition) is 4. The molecule has 27 heavy (non-hydrogen) atoms. The van der Waals surface area contributed by atoms with Gasteiger partial charge in [-0.3, -0.25) is 5.43 Å². The van der Waals surface area contributed by atoms with E-state index >= 15 is 0 Å². The molecule has 0 unspecified atom stereocenters. The zero-order valence-electron chi connectivity index (χ0n) is 16.0. The van der Waals surface area contributed by atoms with Crippen LogP contribution in [0.3, 0.4) is 0 Å². The van der Waals surface area contributed by atoms with Crippen molar-refractivity contribution in [3.63, 3.8) is 0 Å². The lowest BCUT2D eigenvalue weighted by atomic mass is 9.63. The van der Waals surface area contributed by atoms with Crippen molar-refractivity contribution in [2.24, 2.45) is 32.6 Å². The lowest BCUT2D eigenvalue weighted by Crippen LogP contribution is -2.47. The monoisotopic (exact) mass is 358 g/mol. The van der Waals surface area contributed by atoms with Crippen LogP contribution in [0.5, 0.6) is 0 Å². The maximum Gasteiger partial charge on any atom is 0.129 e. The third-order valence-electron chi connectivity index (χ3n) is 7.39. The normalized spacial score (nSPS) is 35.6. The van der Waals surface area contributed by atoms with E-state index in [4.69, 9.17) is 10.2 Å². The van der Waals surface area contributed by atoms with Gasteiger partial charge in [-0.15, -0.1) is 0 Å². The Morgan fingerprint density at radius 1 is 0.926 bits per heavy atom. The maximum atomic E-state index is 5.00. The molecule has 0 amide bonds. The van der Waals surface area contributed by atoms with Gasteiger partial charge in [0.1, 0.15) is 11.1 Å². The Morgan fingerprint density at radius 2 is 1.59 bits per heavy atom. The molecule has 5 rings (SSSR count). The summed E-state index contributed by atoms with van der Waals surface area (Å²) in [6.45, 7) is 4.68. The highest BCUT2D eigenvalue weighted by molar-refractivity contribution is 5.77. The first-order valence-electron chi connectivity index (χ1n) is 9.97. The van der Waals surface area contributed by atoms with Gasteiger partial charge in [-0.25, -0.2) is 0 Å². The van der Waals surface area contributed by atoms with E-state index in [0.29, 0.717) is 11.8 Å². The van der Waals surface area contributed by atoms with E-state index in [1.807, 2.05) is 30.3 Å². The Morgan fingerprint density at radius 3 is 2.33 bits per heavy atom. The van der Waals surface area contributed by atoms with Crippen molar-refractivity contribution in [1.82, 2.24) is 0 Å². The summed E-state index contributed by atoms with van der Waals surface area (Å²) in [6.07, 6.45) is 5.75. The summed E-state index contributed by atoms with van der Waals surface area (Å²) in [5, 5.41) is 14.6. The molecule has 1 aliphatic heterocycles. The smallest absolute Gasteiger partial charge is 0.129 e. The van der Waals surface area contributed by atoms with Crippen molar-refractivity contribution in [3.05, 3.63) is 66.2 Å². The molecule has 4 atom stereocenters. The molecule has 2 saturated carbocycles. The van der Waals surface area contributed by atoms with E-state index < -0.39 is 0 Å². The highest BCUT2D eigenvalue weighted by Gasteiger charge is 2.77. The molecule has 1 N–H and O–H groups in total. The molecular formula is C23H26N4. The minimum Gasteiger partial charge on any atom is -0.279 e. The molecule has 0 radical (unpaired) electrons. The second-order valence-electron chi connectivity index (χ2n) is 8.66. The molecule has 2 aromatic carbocycles. The molecule has 4 heteroatoms. The minimum absolute atomic E-state index is 0.112. The first kappa shape index (κ1) is 16.7. The van der Waals surface area contributed by atoms with E-state index in [-0.39, 0.29) is 16.5 Å². The fourth-order valence-electron chi connectivity index (χ4n) is 6.10.